The highest BCUT2D eigenvalue weighted by atomic mass is 16.5. The van der Waals surface area contributed by atoms with Crippen LogP contribution < -0.4 is 5.32 Å². The minimum Gasteiger partial charge on any atom is -0.377 e. The molecule has 0 aliphatic heterocycles. The van der Waals surface area contributed by atoms with Gasteiger partial charge < -0.3 is 14.8 Å². The van der Waals surface area contributed by atoms with Crippen molar-refractivity contribution in [2.24, 2.45) is 0 Å². The molecular formula is C13H23N3O2. The van der Waals surface area contributed by atoms with E-state index in [1.807, 2.05) is 23.9 Å². The Hall–Kier alpha value is -0.910. The molecule has 1 fully saturated rings. The predicted octanol–water partition coefficient (Wildman–Crippen LogP) is 1.05. The van der Waals surface area contributed by atoms with E-state index in [2.05, 4.69) is 17.3 Å². The van der Waals surface area contributed by atoms with Crippen LogP contribution in [0.1, 0.15) is 20.3 Å². The summed E-state index contributed by atoms with van der Waals surface area (Å²) in [5, 5.41) is 7.79. The zero-order chi connectivity index (χ0) is 13.0. The molecule has 1 aliphatic carbocycles. The fourth-order valence-corrected chi connectivity index (χ4v) is 2.54. The molecule has 0 amide bonds. The second kappa shape index (κ2) is 6.31. The number of nitrogens with one attached hydrogen (secondary N) is 1. The van der Waals surface area contributed by atoms with Crippen molar-refractivity contribution in [3.05, 3.63) is 18.5 Å². The first-order valence-corrected chi connectivity index (χ1v) is 6.62. The van der Waals surface area contributed by atoms with Crippen LogP contribution in [0.5, 0.6) is 0 Å². The van der Waals surface area contributed by atoms with Gasteiger partial charge in [0.1, 0.15) is 0 Å². The van der Waals surface area contributed by atoms with Crippen molar-refractivity contribution in [1.82, 2.24) is 15.1 Å². The molecule has 1 saturated carbocycles. The summed E-state index contributed by atoms with van der Waals surface area (Å²) in [6, 6.07) is 2.70. The van der Waals surface area contributed by atoms with Gasteiger partial charge in [-0.3, -0.25) is 4.68 Å². The average Bonchev–Trinajstić information content (AvgIpc) is 2.80. The maximum Gasteiger partial charge on any atom is 0.0986 e. The van der Waals surface area contributed by atoms with Crippen LogP contribution in [0.15, 0.2) is 18.5 Å². The van der Waals surface area contributed by atoms with E-state index in [1.165, 1.54) is 0 Å². The average molecular weight is 253 g/mol. The van der Waals surface area contributed by atoms with Crippen LogP contribution in [0, 0.1) is 0 Å². The van der Waals surface area contributed by atoms with Crippen LogP contribution in [-0.4, -0.2) is 47.8 Å². The number of ether oxygens (including phenoxy) is 2. The van der Waals surface area contributed by atoms with Crippen molar-refractivity contribution in [2.45, 2.75) is 51.1 Å². The summed E-state index contributed by atoms with van der Waals surface area (Å²) in [6.07, 6.45) is 5.23. The predicted molar refractivity (Wildman–Crippen MR) is 69.4 cm³/mol. The highest BCUT2D eigenvalue weighted by Crippen LogP contribution is 2.27. The van der Waals surface area contributed by atoms with Crippen LogP contribution in [0.3, 0.4) is 0 Å². The highest BCUT2D eigenvalue weighted by Gasteiger charge is 2.42. The summed E-state index contributed by atoms with van der Waals surface area (Å²) in [6.45, 7) is 5.82. The van der Waals surface area contributed by atoms with Crippen molar-refractivity contribution in [1.29, 1.82) is 0 Å². The molecule has 1 aromatic rings. The molecule has 102 valence electrons. The summed E-state index contributed by atoms with van der Waals surface area (Å²) in [5.74, 6) is 0. The third-order valence-electron chi connectivity index (χ3n) is 3.42. The third kappa shape index (κ3) is 3.10. The molecule has 4 atom stereocenters. The van der Waals surface area contributed by atoms with Crippen LogP contribution in [0.4, 0.5) is 0 Å². The number of hydrogen-bond donors (Lipinski definition) is 1. The molecule has 5 nitrogen and oxygen atoms in total. The molecule has 1 aliphatic rings. The second-order valence-electron chi connectivity index (χ2n) is 4.83. The first-order chi connectivity index (χ1) is 8.74. The second-order valence-corrected chi connectivity index (χ2v) is 4.83. The molecule has 0 radical (unpaired) electrons. The maximum atomic E-state index is 5.62. The SMILES string of the molecule is CCOC1CC(NC(C)Cn2cccn2)C1OC. The Labute approximate surface area is 108 Å². The monoisotopic (exact) mass is 253 g/mol. The molecule has 1 heterocycles. The highest BCUT2D eigenvalue weighted by molar-refractivity contribution is 4.98. The van der Waals surface area contributed by atoms with E-state index < -0.39 is 0 Å². The summed E-state index contributed by atoms with van der Waals surface area (Å²) in [5.41, 5.74) is 0. The number of methoxy groups -OCH3 is 1. The first-order valence-electron chi connectivity index (χ1n) is 6.62. The van der Waals surface area contributed by atoms with Gasteiger partial charge in [0, 0.05) is 38.2 Å². The van der Waals surface area contributed by atoms with Crippen LogP contribution >= 0.6 is 0 Å². The van der Waals surface area contributed by atoms with E-state index in [0.717, 1.165) is 19.6 Å². The molecule has 0 bridgehead atoms. The van der Waals surface area contributed by atoms with Gasteiger partial charge in [-0.2, -0.15) is 5.10 Å². The molecule has 18 heavy (non-hydrogen) atoms. The minimum absolute atomic E-state index is 0.171. The lowest BCUT2D eigenvalue weighted by Crippen LogP contribution is -2.61. The molecule has 5 heteroatoms. The minimum atomic E-state index is 0.171. The molecule has 1 N–H and O–H groups in total. The van der Waals surface area contributed by atoms with Crippen molar-refractivity contribution in [3.8, 4) is 0 Å². The van der Waals surface area contributed by atoms with E-state index in [9.17, 15) is 0 Å². The lowest BCUT2D eigenvalue weighted by atomic mass is 9.84. The molecule has 4 unspecified atom stereocenters. The van der Waals surface area contributed by atoms with E-state index in [-0.39, 0.29) is 12.2 Å². The van der Waals surface area contributed by atoms with E-state index >= 15 is 0 Å². The van der Waals surface area contributed by atoms with Crippen LogP contribution in [-0.2, 0) is 16.0 Å². The largest absolute Gasteiger partial charge is 0.377 e. The van der Waals surface area contributed by atoms with Gasteiger partial charge in [-0.15, -0.1) is 0 Å². The van der Waals surface area contributed by atoms with Gasteiger partial charge in [0.15, 0.2) is 0 Å². The van der Waals surface area contributed by atoms with Gasteiger partial charge >= 0.3 is 0 Å². The lowest BCUT2D eigenvalue weighted by molar-refractivity contribution is -0.133. The molecule has 0 aromatic carbocycles. The quantitative estimate of drug-likeness (QED) is 0.789. The van der Waals surface area contributed by atoms with Gasteiger partial charge in [-0.1, -0.05) is 0 Å². The smallest absolute Gasteiger partial charge is 0.0986 e. The maximum absolute atomic E-state index is 5.62. The summed E-state index contributed by atoms with van der Waals surface area (Å²) >= 11 is 0. The standard InChI is InChI=1S/C13H23N3O2/c1-4-18-12-8-11(13(12)17-3)15-10(2)9-16-7-5-6-14-16/h5-7,10-13,15H,4,8-9H2,1-3H3. The van der Waals surface area contributed by atoms with E-state index in [0.29, 0.717) is 12.1 Å². The normalized spacial score (nSPS) is 28.9. The van der Waals surface area contributed by atoms with Gasteiger partial charge in [0.05, 0.1) is 18.8 Å². The lowest BCUT2D eigenvalue weighted by Gasteiger charge is -2.44. The van der Waals surface area contributed by atoms with Gasteiger partial charge in [-0.05, 0) is 26.3 Å². The summed E-state index contributed by atoms with van der Waals surface area (Å²) in [7, 11) is 1.75. The van der Waals surface area contributed by atoms with Crippen molar-refractivity contribution < 1.29 is 9.47 Å². The molecule has 0 spiro atoms. The summed E-state index contributed by atoms with van der Waals surface area (Å²) in [4.78, 5) is 0. The Morgan fingerprint density at radius 2 is 2.39 bits per heavy atom. The fraction of sp³-hybridized carbons (Fsp3) is 0.769. The topological polar surface area (TPSA) is 48.3 Å². The molecule has 1 aromatic heterocycles. The van der Waals surface area contributed by atoms with Crippen molar-refractivity contribution in [2.75, 3.05) is 13.7 Å². The van der Waals surface area contributed by atoms with Crippen molar-refractivity contribution in [3.63, 3.8) is 0 Å². The zero-order valence-corrected chi connectivity index (χ0v) is 11.4. The van der Waals surface area contributed by atoms with Crippen molar-refractivity contribution >= 4 is 0 Å². The molecular weight excluding hydrogens is 230 g/mol. The summed E-state index contributed by atoms with van der Waals surface area (Å²) < 4.78 is 13.0. The number of rotatable bonds is 7. The fourth-order valence-electron chi connectivity index (χ4n) is 2.54. The Morgan fingerprint density at radius 1 is 1.56 bits per heavy atom. The van der Waals surface area contributed by atoms with Crippen LogP contribution in [0.2, 0.25) is 0 Å². The molecule has 0 saturated heterocycles. The van der Waals surface area contributed by atoms with E-state index in [4.69, 9.17) is 9.47 Å². The zero-order valence-electron chi connectivity index (χ0n) is 11.4. The Bertz CT molecular complexity index is 342. The van der Waals surface area contributed by atoms with E-state index in [1.54, 1.807) is 13.3 Å². The van der Waals surface area contributed by atoms with Gasteiger partial charge in [-0.25, -0.2) is 0 Å². The third-order valence-corrected chi connectivity index (χ3v) is 3.42. The van der Waals surface area contributed by atoms with Crippen LogP contribution in [0.25, 0.3) is 0 Å². The van der Waals surface area contributed by atoms with Gasteiger partial charge in [0.25, 0.3) is 0 Å². The van der Waals surface area contributed by atoms with Gasteiger partial charge in [0.2, 0.25) is 0 Å². The Balaban J connectivity index is 1.76. The Kier molecular flexibility index (Phi) is 4.74. The Morgan fingerprint density at radius 3 is 3.00 bits per heavy atom. The first kappa shape index (κ1) is 13.5. The number of aromatic nitrogens is 2. The number of nitrogens with zero attached hydrogens (tertiary/aromatic N) is 2. The number of hydrogen-bond acceptors (Lipinski definition) is 4. The molecule has 2 rings (SSSR count).